The molecule has 1 atom stereocenters. The van der Waals surface area contributed by atoms with E-state index >= 15 is 0 Å². The smallest absolute Gasteiger partial charge is 0.261 e. The summed E-state index contributed by atoms with van der Waals surface area (Å²) in [6.45, 7) is 2.76. The van der Waals surface area contributed by atoms with Crippen molar-refractivity contribution < 1.29 is 31.1 Å². The lowest BCUT2D eigenvalue weighted by Gasteiger charge is -2.39. The normalized spacial score (nSPS) is 18.2. The first-order valence-electron chi connectivity index (χ1n) is 13.9. The van der Waals surface area contributed by atoms with Gasteiger partial charge in [0, 0.05) is 60.2 Å². The second kappa shape index (κ2) is 14.4. The monoisotopic (exact) mass is 712 g/mol. The average Bonchev–Trinajstić information content (AvgIpc) is 3.05. The van der Waals surface area contributed by atoms with Gasteiger partial charge in [-0.2, -0.15) is 16.1 Å². The Morgan fingerprint density at radius 3 is 2.13 bits per heavy atom. The minimum Gasteiger partial charge on any atom is -0.493 e. The molecule has 242 valence electrons. The molecule has 0 bridgehead atoms. The van der Waals surface area contributed by atoms with Crippen LogP contribution in [0.25, 0.3) is 0 Å². The molecule has 2 fully saturated rings. The highest BCUT2D eigenvalue weighted by Gasteiger charge is 2.34. The van der Waals surface area contributed by atoms with Crippen LogP contribution in [0.2, 0.25) is 5.02 Å². The maximum Gasteiger partial charge on any atom is 0.261 e. The van der Waals surface area contributed by atoms with E-state index in [1.165, 1.54) is 79.2 Å². The Morgan fingerprint density at radius 2 is 1.49 bits per heavy atom. The quantitative estimate of drug-likeness (QED) is 0.309. The summed E-state index contributed by atoms with van der Waals surface area (Å²) in [4.78, 5) is 15.9. The van der Waals surface area contributed by atoms with Crippen LogP contribution < -0.4 is 19.5 Å². The Morgan fingerprint density at radius 1 is 0.867 bits per heavy atom. The summed E-state index contributed by atoms with van der Waals surface area (Å²) >= 11 is 9.63. The van der Waals surface area contributed by atoms with Crippen LogP contribution in [0.4, 0.5) is 11.4 Å². The number of anilines is 2. The van der Waals surface area contributed by atoms with Crippen LogP contribution in [0.5, 0.6) is 11.5 Å². The Hall–Kier alpha value is -2.66. The van der Waals surface area contributed by atoms with Gasteiger partial charge in [-0.3, -0.25) is 14.4 Å². The van der Waals surface area contributed by atoms with Crippen molar-refractivity contribution in [3.8, 4) is 11.5 Å². The van der Waals surface area contributed by atoms with Gasteiger partial charge in [-0.15, -0.1) is 11.8 Å². The lowest BCUT2D eigenvalue weighted by atomic mass is 10.1. The molecule has 2 aliphatic rings. The van der Waals surface area contributed by atoms with Gasteiger partial charge in [0.1, 0.15) is 0 Å². The number of thioether (sulfide) groups is 2. The van der Waals surface area contributed by atoms with Crippen molar-refractivity contribution in [1.29, 1.82) is 0 Å². The fourth-order valence-electron chi connectivity index (χ4n) is 4.94. The third kappa shape index (κ3) is 7.84. The van der Waals surface area contributed by atoms with Crippen molar-refractivity contribution in [2.24, 2.45) is 0 Å². The van der Waals surface area contributed by atoms with E-state index in [0.29, 0.717) is 23.8 Å². The summed E-state index contributed by atoms with van der Waals surface area (Å²) in [6, 6.07) is 14.2. The predicted octanol–water partition coefficient (Wildman–Crippen LogP) is 4.52. The molecule has 0 aliphatic carbocycles. The van der Waals surface area contributed by atoms with Crippen LogP contribution in [0, 0.1) is 0 Å². The molecule has 16 heteroatoms. The van der Waals surface area contributed by atoms with E-state index in [-0.39, 0.29) is 37.9 Å². The lowest BCUT2D eigenvalue weighted by molar-refractivity contribution is 0.102. The number of nitrogens with zero attached hydrogens (tertiary/aromatic N) is 2. The Kier molecular flexibility index (Phi) is 10.8. The summed E-state index contributed by atoms with van der Waals surface area (Å²) in [5, 5.41) is 3.22. The van der Waals surface area contributed by atoms with Crippen LogP contribution >= 0.6 is 35.1 Å². The highest BCUT2D eigenvalue weighted by atomic mass is 35.5. The third-order valence-corrected chi connectivity index (χ3v) is 13.1. The number of nitrogens with one attached hydrogen (secondary N) is 2. The number of halogens is 1. The minimum atomic E-state index is -4.11. The fraction of sp³-hybridized carbons (Fsp3) is 0.345. The molecule has 5 rings (SSSR count). The maximum absolute atomic E-state index is 13.5. The van der Waals surface area contributed by atoms with Crippen molar-refractivity contribution in [2.75, 3.05) is 67.7 Å². The van der Waals surface area contributed by atoms with E-state index in [1.807, 2.05) is 11.8 Å². The number of carbonyl (C=O) groups excluding carboxylic acids is 1. The van der Waals surface area contributed by atoms with Gasteiger partial charge in [0.2, 0.25) is 10.0 Å². The minimum absolute atomic E-state index is 0.0464. The number of ether oxygens (including phenoxy) is 2. The van der Waals surface area contributed by atoms with Gasteiger partial charge < -0.3 is 14.8 Å². The molecule has 1 amide bonds. The second-order valence-corrected chi connectivity index (χ2v) is 16.7. The first kappa shape index (κ1) is 33.7. The Labute approximate surface area is 277 Å². The molecule has 3 aromatic carbocycles. The number of methoxy groups -OCH3 is 2. The van der Waals surface area contributed by atoms with E-state index in [2.05, 4.69) is 14.9 Å². The predicted molar refractivity (Wildman–Crippen MR) is 180 cm³/mol. The molecule has 2 N–H and O–H groups in total. The van der Waals surface area contributed by atoms with Crippen LogP contribution in [0.3, 0.4) is 0 Å². The molecule has 3 aromatic rings. The van der Waals surface area contributed by atoms with Crippen LogP contribution in [0.15, 0.2) is 70.5 Å². The topological polar surface area (TPSA) is 134 Å². The summed E-state index contributed by atoms with van der Waals surface area (Å²) < 4.78 is 68.0. The van der Waals surface area contributed by atoms with Crippen LogP contribution in [-0.2, 0) is 20.0 Å². The van der Waals surface area contributed by atoms with Gasteiger partial charge in [0.25, 0.3) is 15.9 Å². The van der Waals surface area contributed by atoms with Gasteiger partial charge in [0.15, 0.2) is 11.5 Å². The van der Waals surface area contributed by atoms with Gasteiger partial charge in [0.05, 0.1) is 40.6 Å². The van der Waals surface area contributed by atoms with E-state index in [0.717, 1.165) is 30.3 Å². The zero-order chi connectivity index (χ0) is 32.2. The molecule has 0 radical (unpaired) electrons. The second-order valence-electron chi connectivity index (χ2n) is 10.1. The highest BCUT2D eigenvalue weighted by Crippen LogP contribution is 2.35. The van der Waals surface area contributed by atoms with Crippen LogP contribution in [-0.4, -0.2) is 95.0 Å². The van der Waals surface area contributed by atoms with E-state index in [9.17, 15) is 21.6 Å². The molecule has 0 saturated carbocycles. The number of hydrogen-bond donors (Lipinski definition) is 2. The summed E-state index contributed by atoms with van der Waals surface area (Å²) in [5.41, 5.74) is 0.220. The van der Waals surface area contributed by atoms with E-state index in [4.69, 9.17) is 21.1 Å². The SMILES string of the molecule is COc1cc(NS(=O)(=O)c2ccc(Cl)cc2)c(C(=O)Nc2ccc(S(=O)(=O)N3CCSC(N4CCSCC4)C3)cc2)cc1OC. The van der Waals surface area contributed by atoms with E-state index in [1.54, 1.807) is 11.8 Å². The number of sulfonamides is 2. The molecule has 2 heterocycles. The van der Waals surface area contributed by atoms with Crippen molar-refractivity contribution in [3.63, 3.8) is 0 Å². The lowest BCUT2D eigenvalue weighted by Crippen LogP contribution is -2.50. The molecule has 45 heavy (non-hydrogen) atoms. The third-order valence-electron chi connectivity index (χ3n) is 7.35. The Bertz CT molecular complexity index is 1740. The van der Waals surface area contributed by atoms with Gasteiger partial charge in [-0.05, 0) is 54.6 Å². The standard InChI is InChI=1S/C29H33ClN4O7S4/c1-40-26-17-24(25(18-27(26)41-2)32-44(36,37)22-7-3-20(30)4-8-22)29(35)31-21-5-9-23(10-6-21)45(38,39)34-13-16-43-28(19-34)33-11-14-42-15-12-33/h3-10,17-18,28,32H,11-16,19H2,1-2H3,(H,31,35). The molecule has 0 spiro atoms. The zero-order valence-electron chi connectivity index (χ0n) is 24.6. The molecule has 11 nitrogen and oxygen atoms in total. The summed E-state index contributed by atoms with van der Waals surface area (Å²) in [6.07, 6.45) is 0. The summed E-state index contributed by atoms with van der Waals surface area (Å²) in [5.74, 6) is 2.58. The fourth-order valence-corrected chi connectivity index (χ4v) is 10.0. The number of benzene rings is 3. The number of rotatable bonds is 10. The highest BCUT2D eigenvalue weighted by molar-refractivity contribution is 8.00. The first-order chi connectivity index (χ1) is 21.5. The molecule has 0 aromatic heterocycles. The number of amides is 1. The maximum atomic E-state index is 13.5. The first-order valence-corrected chi connectivity index (χ1v) is 19.4. The van der Waals surface area contributed by atoms with Crippen molar-refractivity contribution >= 4 is 72.5 Å². The van der Waals surface area contributed by atoms with Gasteiger partial charge >= 0.3 is 0 Å². The molecule has 2 saturated heterocycles. The van der Waals surface area contributed by atoms with Crippen LogP contribution in [0.1, 0.15) is 10.4 Å². The molecule has 1 unspecified atom stereocenters. The van der Waals surface area contributed by atoms with Crippen molar-refractivity contribution in [1.82, 2.24) is 9.21 Å². The van der Waals surface area contributed by atoms with Gasteiger partial charge in [-0.25, -0.2) is 16.8 Å². The molecular weight excluding hydrogens is 680 g/mol. The average molecular weight is 713 g/mol. The molecule has 2 aliphatic heterocycles. The Balaban J connectivity index is 1.35. The number of carbonyl (C=O) groups is 1. The van der Waals surface area contributed by atoms with E-state index < -0.39 is 26.0 Å². The largest absolute Gasteiger partial charge is 0.493 e. The van der Waals surface area contributed by atoms with Crippen molar-refractivity contribution in [3.05, 3.63) is 71.2 Å². The van der Waals surface area contributed by atoms with Crippen molar-refractivity contribution in [2.45, 2.75) is 15.2 Å². The zero-order valence-corrected chi connectivity index (χ0v) is 28.6. The number of hydrogen-bond acceptors (Lipinski definition) is 10. The van der Waals surface area contributed by atoms with Gasteiger partial charge in [-0.1, -0.05) is 11.6 Å². The summed E-state index contributed by atoms with van der Waals surface area (Å²) in [7, 11) is -5.07. The molecular formula is C29H33ClN4O7S4.